The van der Waals surface area contributed by atoms with Gasteiger partial charge in [-0.2, -0.15) is 4.98 Å². The first kappa shape index (κ1) is 13.0. The van der Waals surface area contributed by atoms with E-state index in [0.29, 0.717) is 23.4 Å². The van der Waals surface area contributed by atoms with Gasteiger partial charge in [0.2, 0.25) is 5.95 Å². The van der Waals surface area contributed by atoms with Crippen LogP contribution in [0.15, 0.2) is 6.20 Å². The molecule has 7 heteroatoms. The molecular weight excluding hydrogens is 230 g/mol. The minimum Gasteiger partial charge on any atom is -0.382 e. The highest BCUT2D eigenvalue weighted by Gasteiger charge is 2.19. The fourth-order valence-electron chi connectivity index (χ4n) is 1.24. The first-order valence-electron chi connectivity index (χ1n) is 4.75. The van der Waals surface area contributed by atoms with Crippen LogP contribution in [-0.4, -0.2) is 29.2 Å². The van der Waals surface area contributed by atoms with Crippen LogP contribution < -0.4 is 16.6 Å². The van der Waals surface area contributed by atoms with Gasteiger partial charge < -0.3 is 10.1 Å². The smallest absolute Gasteiger partial charge is 0.239 e. The Morgan fingerprint density at radius 1 is 1.56 bits per heavy atom. The molecule has 0 saturated heterocycles. The van der Waals surface area contributed by atoms with E-state index >= 15 is 0 Å². The van der Waals surface area contributed by atoms with E-state index in [9.17, 15) is 0 Å². The summed E-state index contributed by atoms with van der Waals surface area (Å²) in [6.07, 6.45) is 1.48. The topological polar surface area (TPSA) is 85.1 Å². The van der Waals surface area contributed by atoms with Gasteiger partial charge in [0.05, 0.1) is 18.3 Å². The van der Waals surface area contributed by atoms with Crippen molar-refractivity contribution in [2.24, 2.45) is 5.84 Å². The molecule has 90 valence electrons. The second kappa shape index (κ2) is 5.29. The normalized spacial score (nSPS) is 11.3. The molecule has 1 aromatic heterocycles. The van der Waals surface area contributed by atoms with E-state index in [1.54, 1.807) is 7.11 Å². The van der Waals surface area contributed by atoms with Crippen LogP contribution in [0, 0.1) is 0 Å². The molecule has 0 aromatic carbocycles. The summed E-state index contributed by atoms with van der Waals surface area (Å²) in [7, 11) is 1.64. The van der Waals surface area contributed by atoms with Gasteiger partial charge in [0.1, 0.15) is 5.02 Å². The number of halogens is 1. The number of nitrogens with zero attached hydrogens (tertiary/aromatic N) is 2. The number of nitrogen functional groups attached to an aromatic ring is 1. The molecule has 0 aliphatic heterocycles. The summed E-state index contributed by atoms with van der Waals surface area (Å²) < 4.78 is 5.09. The Kier molecular flexibility index (Phi) is 4.28. The van der Waals surface area contributed by atoms with Gasteiger partial charge in [-0.05, 0) is 13.8 Å². The molecular formula is C9H16ClN5O. The van der Waals surface area contributed by atoms with E-state index in [0.717, 1.165) is 0 Å². The first-order chi connectivity index (χ1) is 7.48. The number of rotatable bonds is 5. The molecule has 0 atom stereocenters. The van der Waals surface area contributed by atoms with Crippen molar-refractivity contribution in [2.75, 3.05) is 24.5 Å². The summed E-state index contributed by atoms with van der Waals surface area (Å²) in [6, 6.07) is 0. The summed E-state index contributed by atoms with van der Waals surface area (Å²) in [5, 5.41) is 3.59. The third-order valence-electron chi connectivity index (χ3n) is 1.84. The van der Waals surface area contributed by atoms with Gasteiger partial charge in [-0.3, -0.25) is 5.43 Å². The van der Waals surface area contributed by atoms with Crippen molar-refractivity contribution in [1.82, 2.24) is 9.97 Å². The van der Waals surface area contributed by atoms with Crippen LogP contribution in [0.1, 0.15) is 13.8 Å². The van der Waals surface area contributed by atoms with Gasteiger partial charge in [0, 0.05) is 7.11 Å². The predicted octanol–water partition coefficient (Wildman–Crippen LogP) is 1.25. The van der Waals surface area contributed by atoms with E-state index in [2.05, 4.69) is 20.7 Å². The molecule has 1 rings (SSSR count). The summed E-state index contributed by atoms with van der Waals surface area (Å²) in [6.45, 7) is 4.48. The van der Waals surface area contributed by atoms with Crippen molar-refractivity contribution >= 4 is 23.4 Å². The van der Waals surface area contributed by atoms with E-state index in [-0.39, 0.29) is 5.54 Å². The van der Waals surface area contributed by atoms with Gasteiger partial charge in [-0.25, -0.2) is 10.8 Å². The van der Waals surface area contributed by atoms with Crippen molar-refractivity contribution in [3.63, 3.8) is 0 Å². The maximum absolute atomic E-state index is 5.96. The predicted molar refractivity (Wildman–Crippen MR) is 64.4 cm³/mol. The quantitative estimate of drug-likeness (QED) is 0.535. The van der Waals surface area contributed by atoms with Crippen LogP contribution in [0.3, 0.4) is 0 Å². The zero-order valence-corrected chi connectivity index (χ0v) is 10.3. The molecule has 0 bridgehead atoms. The fourth-order valence-corrected chi connectivity index (χ4v) is 1.38. The second-order valence-electron chi connectivity index (χ2n) is 3.98. The Bertz CT molecular complexity index is 358. The van der Waals surface area contributed by atoms with Gasteiger partial charge in [0.15, 0.2) is 5.82 Å². The highest BCUT2D eigenvalue weighted by Crippen LogP contribution is 2.22. The summed E-state index contributed by atoms with van der Waals surface area (Å²) in [5.41, 5.74) is 2.08. The zero-order valence-electron chi connectivity index (χ0n) is 9.54. The standard InChI is InChI=1S/C9H16ClN5O/c1-9(2,5-16-3)14-7-6(10)4-12-8(13-7)15-11/h4H,5,11H2,1-3H3,(H2,12,13,14,15). The van der Waals surface area contributed by atoms with Gasteiger partial charge in [-0.1, -0.05) is 11.6 Å². The van der Waals surface area contributed by atoms with Crippen molar-refractivity contribution in [1.29, 1.82) is 0 Å². The summed E-state index contributed by atoms with van der Waals surface area (Å²) in [4.78, 5) is 8.00. The minimum absolute atomic E-state index is 0.279. The van der Waals surface area contributed by atoms with Crippen LogP contribution in [0.2, 0.25) is 5.02 Å². The molecule has 0 amide bonds. The molecule has 0 fully saturated rings. The molecule has 1 heterocycles. The van der Waals surface area contributed by atoms with E-state index in [1.807, 2.05) is 13.8 Å². The molecule has 0 radical (unpaired) electrons. The lowest BCUT2D eigenvalue weighted by molar-refractivity contribution is 0.158. The minimum atomic E-state index is -0.279. The molecule has 0 aliphatic carbocycles. The maximum Gasteiger partial charge on any atom is 0.239 e. The third-order valence-corrected chi connectivity index (χ3v) is 2.11. The molecule has 0 saturated carbocycles. The van der Waals surface area contributed by atoms with E-state index < -0.39 is 0 Å². The fraction of sp³-hybridized carbons (Fsp3) is 0.556. The highest BCUT2D eigenvalue weighted by atomic mass is 35.5. The average Bonchev–Trinajstić information content (AvgIpc) is 2.21. The van der Waals surface area contributed by atoms with Crippen LogP contribution >= 0.6 is 11.6 Å². The number of hydrogen-bond donors (Lipinski definition) is 3. The number of aromatic nitrogens is 2. The van der Waals surface area contributed by atoms with Crippen LogP contribution in [0.4, 0.5) is 11.8 Å². The number of hydrogen-bond acceptors (Lipinski definition) is 6. The number of hydrazine groups is 1. The average molecular weight is 246 g/mol. The Balaban J connectivity index is 2.87. The van der Waals surface area contributed by atoms with E-state index in [4.69, 9.17) is 22.2 Å². The van der Waals surface area contributed by atoms with Crippen LogP contribution in [0.25, 0.3) is 0 Å². The lowest BCUT2D eigenvalue weighted by Crippen LogP contribution is -2.36. The number of nitrogens with one attached hydrogen (secondary N) is 2. The van der Waals surface area contributed by atoms with Gasteiger partial charge in [0.25, 0.3) is 0 Å². The second-order valence-corrected chi connectivity index (χ2v) is 4.38. The highest BCUT2D eigenvalue weighted by molar-refractivity contribution is 6.32. The van der Waals surface area contributed by atoms with E-state index in [1.165, 1.54) is 6.20 Å². The monoisotopic (exact) mass is 245 g/mol. The number of methoxy groups -OCH3 is 1. The number of nitrogens with two attached hydrogens (primary N) is 1. The summed E-state index contributed by atoms with van der Waals surface area (Å²) in [5.74, 6) is 6.05. The maximum atomic E-state index is 5.96. The van der Waals surface area contributed by atoms with Crippen molar-refractivity contribution < 1.29 is 4.74 Å². The third kappa shape index (κ3) is 3.48. The molecule has 4 N–H and O–H groups in total. The lowest BCUT2D eigenvalue weighted by Gasteiger charge is -2.26. The molecule has 16 heavy (non-hydrogen) atoms. The lowest BCUT2D eigenvalue weighted by atomic mass is 10.1. The molecule has 6 nitrogen and oxygen atoms in total. The summed E-state index contributed by atoms with van der Waals surface area (Å²) >= 11 is 5.96. The number of anilines is 2. The molecule has 0 unspecified atom stereocenters. The van der Waals surface area contributed by atoms with Crippen molar-refractivity contribution in [2.45, 2.75) is 19.4 Å². The van der Waals surface area contributed by atoms with Crippen LogP contribution in [0.5, 0.6) is 0 Å². The largest absolute Gasteiger partial charge is 0.382 e. The van der Waals surface area contributed by atoms with Crippen LogP contribution in [-0.2, 0) is 4.74 Å². The molecule has 0 aliphatic rings. The van der Waals surface area contributed by atoms with Crippen molar-refractivity contribution in [3.05, 3.63) is 11.2 Å². The SMILES string of the molecule is COCC(C)(C)Nc1nc(NN)ncc1Cl. The molecule has 0 spiro atoms. The first-order valence-corrected chi connectivity index (χ1v) is 5.12. The molecule has 1 aromatic rings. The zero-order chi connectivity index (χ0) is 12.2. The number of ether oxygens (including phenoxy) is 1. The Labute approximate surface area is 99.5 Å². The van der Waals surface area contributed by atoms with Gasteiger partial charge in [-0.15, -0.1) is 0 Å². The Morgan fingerprint density at radius 3 is 2.81 bits per heavy atom. The van der Waals surface area contributed by atoms with Crippen molar-refractivity contribution in [3.8, 4) is 0 Å². The Morgan fingerprint density at radius 2 is 2.25 bits per heavy atom. The van der Waals surface area contributed by atoms with Gasteiger partial charge >= 0.3 is 0 Å². The Hall–Kier alpha value is -1.11.